The van der Waals surface area contributed by atoms with Crippen molar-refractivity contribution in [3.8, 4) is 0 Å². The zero-order valence-corrected chi connectivity index (χ0v) is 17.3. The third-order valence-electron chi connectivity index (χ3n) is 5.25. The zero-order valence-electron chi connectivity index (χ0n) is 14.1. The summed E-state index contributed by atoms with van der Waals surface area (Å²) in [5.41, 5.74) is 11.1. The van der Waals surface area contributed by atoms with Gasteiger partial charge < -0.3 is 0 Å². The van der Waals surface area contributed by atoms with Gasteiger partial charge in [-0.05, 0) is 81.6 Å². The second kappa shape index (κ2) is 6.37. The van der Waals surface area contributed by atoms with Gasteiger partial charge in [0.15, 0.2) is 0 Å². The van der Waals surface area contributed by atoms with E-state index in [0.29, 0.717) is 0 Å². The van der Waals surface area contributed by atoms with Crippen molar-refractivity contribution in [2.24, 2.45) is 0 Å². The summed E-state index contributed by atoms with van der Waals surface area (Å²) in [5.74, 6) is 0. The quantitative estimate of drug-likeness (QED) is 0.371. The Hall–Kier alpha value is -1.90. The maximum absolute atomic E-state index is 3.52. The maximum atomic E-state index is 3.52. The molecule has 0 saturated carbocycles. The van der Waals surface area contributed by atoms with Gasteiger partial charge in [-0.1, -0.05) is 80.4 Å². The van der Waals surface area contributed by atoms with Gasteiger partial charge in [0.05, 0.1) is 0 Å². The van der Waals surface area contributed by atoms with E-state index in [9.17, 15) is 0 Å². The topological polar surface area (TPSA) is 0 Å². The summed E-state index contributed by atoms with van der Waals surface area (Å²) in [5, 5.41) is 0. The normalized spacial score (nSPS) is 14.7. The second-order valence-electron chi connectivity index (χ2n) is 6.96. The highest BCUT2D eigenvalue weighted by Gasteiger charge is 2.20. The summed E-state index contributed by atoms with van der Waals surface area (Å²) >= 11 is 7.04. The number of allylic oxidation sites excluding steroid dienone is 2. The molecular formula is C24H16Br2. The molecule has 0 N–H and O–H groups in total. The van der Waals surface area contributed by atoms with Gasteiger partial charge in [-0.15, -0.1) is 0 Å². The number of hydrogen-bond donors (Lipinski definition) is 0. The van der Waals surface area contributed by atoms with Crippen LogP contribution in [0.5, 0.6) is 0 Å². The van der Waals surface area contributed by atoms with Crippen LogP contribution >= 0.6 is 31.9 Å². The van der Waals surface area contributed by atoms with Crippen molar-refractivity contribution in [3.63, 3.8) is 0 Å². The number of rotatable bonds is 2. The van der Waals surface area contributed by atoms with Gasteiger partial charge in [-0.25, -0.2) is 0 Å². The van der Waals surface area contributed by atoms with Crippen LogP contribution in [-0.4, -0.2) is 0 Å². The Balaban J connectivity index is 1.44. The van der Waals surface area contributed by atoms with Gasteiger partial charge in [0.25, 0.3) is 0 Å². The lowest BCUT2D eigenvalue weighted by Crippen LogP contribution is -1.90. The SMILES string of the molecule is Brc1ccc(C2=Cc3cc4c(cc3C2)C=C(c2ccc(Br)cc2)C4)cc1. The Morgan fingerprint density at radius 2 is 0.923 bits per heavy atom. The van der Waals surface area contributed by atoms with Gasteiger partial charge in [0, 0.05) is 8.95 Å². The third kappa shape index (κ3) is 2.91. The van der Waals surface area contributed by atoms with E-state index in [-0.39, 0.29) is 0 Å². The lowest BCUT2D eigenvalue weighted by atomic mass is 10.00. The summed E-state index contributed by atoms with van der Waals surface area (Å²) in [6.07, 6.45) is 6.75. The van der Waals surface area contributed by atoms with Crippen molar-refractivity contribution < 1.29 is 0 Å². The van der Waals surface area contributed by atoms with E-state index in [0.717, 1.165) is 21.8 Å². The molecule has 0 spiro atoms. The first kappa shape index (κ1) is 16.3. The lowest BCUT2D eigenvalue weighted by Gasteiger charge is -2.05. The molecule has 0 bridgehead atoms. The predicted octanol–water partition coefficient (Wildman–Crippen LogP) is 7.41. The van der Waals surface area contributed by atoms with E-state index in [2.05, 4.69) is 105 Å². The minimum atomic E-state index is 1.02. The fourth-order valence-electron chi connectivity index (χ4n) is 3.89. The van der Waals surface area contributed by atoms with Crippen molar-refractivity contribution in [1.82, 2.24) is 0 Å². The highest BCUT2D eigenvalue weighted by Crippen LogP contribution is 2.38. The smallest absolute Gasteiger partial charge is 0.0175 e. The van der Waals surface area contributed by atoms with E-state index in [1.54, 1.807) is 0 Å². The van der Waals surface area contributed by atoms with E-state index < -0.39 is 0 Å². The first-order chi connectivity index (χ1) is 12.7. The van der Waals surface area contributed by atoms with E-state index >= 15 is 0 Å². The monoisotopic (exact) mass is 462 g/mol. The van der Waals surface area contributed by atoms with Crippen molar-refractivity contribution in [1.29, 1.82) is 0 Å². The van der Waals surface area contributed by atoms with Crippen LogP contribution in [0.4, 0.5) is 0 Å². The van der Waals surface area contributed by atoms with Gasteiger partial charge >= 0.3 is 0 Å². The molecule has 5 rings (SSSR count). The molecule has 0 atom stereocenters. The fourth-order valence-corrected chi connectivity index (χ4v) is 4.42. The lowest BCUT2D eigenvalue weighted by molar-refractivity contribution is 1.26. The minimum absolute atomic E-state index is 1.02. The molecular weight excluding hydrogens is 448 g/mol. The highest BCUT2D eigenvalue weighted by molar-refractivity contribution is 9.10. The molecule has 0 aliphatic heterocycles. The standard InChI is InChI=1S/C24H16Br2/c25-23-5-1-15(2-6-23)17-9-19-13-21-11-18(12-22(21)14-20(19)10-17)16-3-7-24(26)8-4-16/h1-9,12-14H,10-11H2. The Bertz CT molecular complexity index is 979. The Morgan fingerprint density at radius 1 is 0.538 bits per heavy atom. The van der Waals surface area contributed by atoms with Crippen molar-refractivity contribution in [2.75, 3.05) is 0 Å². The van der Waals surface area contributed by atoms with Crippen molar-refractivity contribution in [3.05, 3.63) is 103 Å². The first-order valence-electron chi connectivity index (χ1n) is 8.74. The Labute approximate surface area is 170 Å². The van der Waals surface area contributed by atoms with E-state index in [1.165, 1.54) is 44.5 Å². The summed E-state index contributed by atoms with van der Waals surface area (Å²) in [6, 6.07) is 22.0. The van der Waals surface area contributed by atoms with Crippen LogP contribution in [0.2, 0.25) is 0 Å². The molecule has 26 heavy (non-hydrogen) atoms. The Morgan fingerprint density at radius 3 is 1.31 bits per heavy atom. The summed E-state index contributed by atoms with van der Waals surface area (Å²) in [7, 11) is 0. The summed E-state index contributed by atoms with van der Waals surface area (Å²) in [6.45, 7) is 0. The fraction of sp³-hybridized carbons (Fsp3) is 0.0833. The van der Waals surface area contributed by atoms with Gasteiger partial charge in [0.2, 0.25) is 0 Å². The molecule has 0 unspecified atom stereocenters. The Kier molecular flexibility index (Phi) is 3.99. The van der Waals surface area contributed by atoms with Crippen LogP contribution in [0.15, 0.2) is 69.6 Å². The van der Waals surface area contributed by atoms with Gasteiger partial charge in [0.1, 0.15) is 0 Å². The average molecular weight is 464 g/mol. The summed E-state index contributed by atoms with van der Waals surface area (Å²) in [4.78, 5) is 0. The molecule has 0 nitrogen and oxygen atoms in total. The van der Waals surface area contributed by atoms with Crippen molar-refractivity contribution >= 4 is 55.2 Å². The van der Waals surface area contributed by atoms with Crippen LogP contribution < -0.4 is 0 Å². The molecule has 0 heterocycles. The number of halogens is 2. The van der Waals surface area contributed by atoms with E-state index in [4.69, 9.17) is 0 Å². The molecule has 3 aromatic carbocycles. The number of fused-ring (bicyclic) bond motifs is 2. The second-order valence-corrected chi connectivity index (χ2v) is 8.79. The average Bonchev–Trinajstić information content (AvgIpc) is 3.23. The zero-order chi connectivity index (χ0) is 17.7. The van der Waals surface area contributed by atoms with Crippen LogP contribution in [0, 0.1) is 0 Å². The minimum Gasteiger partial charge on any atom is -0.0536 e. The van der Waals surface area contributed by atoms with Gasteiger partial charge in [-0.3, -0.25) is 0 Å². The molecule has 2 aliphatic carbocycles. The van der Waals surface area contributed by atoms with Crippen LogP contribution in [0.3, 0.4) is 0 Å². The van der Waals surface area contributed by atoms with Gasteiger partial charge in [-0.2, -0.15) is 0 Å². The molecule has 2 aliphatic rings. The summed E-state index contributed by atoms with van der Waals surface area (Å²) < 4.78 is 2.25. The molecule has 2 heteroatoms. The molecule has 0 radical (unpaired) electrons. The highest BCUT2D eigenvalue weighted by atomic mass is 79.9. The maximum Gasteiger partial charge on any atom is 0.0175 e. The molecule has 0 saturated heterocycles. The first-order valence-corrected chi connectivity index (χ1v) is 10.3. The van der Waals surface area contributed by atoms with E-state index in [1.807, 2.05) is 0 Å². The van der Waals surface area contributed by atoms with Crippen LogP contribution in [0.25, 0.3) is 23.3 Å². The molecule has 0 amide bonds. The third-order valence-corrected chi connectivity index (χ3v) is 6.31. The number of benzene rings is 3. The molecule has 3 aromatic rings. The van der Waals surface area contributed by atoms with Crippen LogP contribution in [-0.2, 0) is 12.8 Å². The molecule has 0 aromatic heterocycles. The molecule has 0 fully saturated rings. The van der Waals surface area contributed by atoms with Crippen LogP contribution in [0.1, 0.15) is 33.4 Å². The number of hydrogen-bond acceptors (Lipinski definition) is 0. The van der Waals surface area contributed by atoms with Crippen molar-refractivity contribution in [2.45, 2.75) is 12.8 Å². The largest absolute Gasteiger partial charge is 0.0536 e. The predicted molar refractivity (Wildman–Crippen MR) is 118 cm³/mol. The molecule has 126 valence electrons.